The molecule has 0 aliphatic carbocycles. The minimum Gasteiger partial charge on any atom is -0.399 e. The Bertz CT molecular complexity index is 2740. The van der Waals surface area contributed by atoms with E-state index in [4.69, 9.17) is 11.5 Å². The van der Waals surface area contributed by atoms with E-state index in [-0.39, 0.29) is 0 Å². The summed E-state index contributed by atoms with van der Waals surface area (Å²) >= 11 is 3.31. The van der Waals surface area contributed by atoms with Crippen LogP contribution in [0.1, 0.15) is 11.4 Å². The molecule has 0 spiro atoms. The van der Waals surface area contributed by atoms with Crippen molar-refractivity contribution in [1.29, 1.82) is 0 Å². The van der Waals surface area contributed by atoms with Gasteiger partial charge in [0.15, 0.2) is 11.3 Å². The molecule has 0 unspecified atom stereocenters. The summed E-state index contributed by atoms with van der Waals surface area (Å²) in [5.74, 6) is 1.38. The summed E-state index contributed by atoms with van der Waals surface area (Å²) in [6, 6.07) is 45.3. The monoisotopic (exact) mass is 792 g/mol. The number of anilines is 6. The molecule has 0 bridgehead atoms. The summed E-state index contributed by atoms with van der Waals surface area (Å²) in [4.78, 5) is 31.5. The van der Waals surface area contributed by atoms with Crippen LogP contribution in [0.15, 0.2) is 166 Å². The van der Waals surface area contributed by atoms with Crippen molar-refractivity contribution in [2.45, 2.75) is 33.4 Å². The topological polar surface area (TPSA) is 153 Å². The van der Waals surface area contributed by atoms with E-state index in [1.165, 1.54) is 0 Å². The zero-order valence-corrected chi connectivity index (χ0v) is 33.1. The number of nitrogens with zero attached hydrogens (tertiary/aromatic N) is 6. The number of aryl methyl sites for hydroxylation is 2. The van der Waals surface area contributed by atoms with Gasteiger partial charge in [0.25, 0.3) is 0 Å². The molecule has 6 N–H and O–H groups in total. The standard InChI is InChI=1S/C46H36N10S2/c1-27-3-19-37-43(53-27)49-25-51-45(37)55-39-23-31(9-21-41(39)57-35-15-11-33(47)12-16-35)29-5-7-30(8-6-29)32-10-22-42(58-36-17-13-34(48)14-18-36)40(24-32)56-46-38-20-4-28(2)54-44(38)50-26-52-46/h3-26H,47-48H2,1-2H3,(H,49,51,53,55)(H,50,52,54,56). The molecular formula is C46H36N10S2. The number of hydrogen-bond donors (Lipinski definition) is 4. The summed E-state index contributed by atoms with van der Waals surface area (Å²) in [7, 11) is 0. The number of nitrogens with one attached hydrogen (secondary N) is 2. The molecule has 282 valence electrons. The zero-order valence-electron chi connectivity index (χ0n) is 31.5. The number of fused-ring (bicyclic) bond motifs is 2. The molecular weight excluding hydrogens is 757 g/mol. The molecule has 12 heteroatoms. The van der Waals surface area contributed by atoms with E-state index in [1.807, 2.05) is 86.6 Å². The fourth-order valence-electron chi connectivity index (χ4n) is 6.50. The highest BCUT2D eigenvalue weighted by molar-refractivity contribution is 7.99. The molecule has 10 nitrogen and oxygen atoms in total. The highest BCUT2D eigenvalue weighted by atomic mass is 32.2. The lowest BCUT2D eigenvalue weighted by atomic mass is 9.99. The van der Waals surface area contributed by atoms with E-state index in [2.05, 4.69) is 101 Å². The average Bonchev–Trinajstić information content (AvgIpc) is 3.23. The van der Waals surface area contributed by atoms with Crippen molar-refractivity contribution in [3.8, 4) is 22.3 Å². The first-order chi connectivity index (χ1) is 28.3. The Morgan fingerprint density at radius 3 is 1.24 bits per heavy atom. The molecule has 0 aliphatic rings. The van der Waals surface area contributed by atoms with Crippen LogP contribution >= 0.6 is 23.5 Å². The Morgan fingerprint density at radius 2 is 0.828 bits per heavy atom. The maximum absolute atomic E-state index is 5.99. The van der Waals surface area contributed by atoms with Gasteiger partial charge in [-0.3, -0.25) is 0 Å². The molecule has 9 aromatic rings. The quantitative estimate of drug-likeness (QED) is 0.0975. The summed E-state index contributed by atoms with van der Waals surface area (Å²) in [5, 5.41) is 8.92. The lowest BCUT2D eigenvalue weighted by Gasteiger charge is -2.16. The van der Waals surface area contributed by atoms with Crippen LogP contribution in [0.2, 0.25) is 0 Å². The third-order valence-electron chi connectivity index (χ3n) is 9.51. The van der Waals surface area contributed by atoms with Crippen LogP contribution in [-0.2, 0) is 0 Å². The SMILES string of the molecule is Cc1ccc2c(Nc3cc(-c4ccc(-c5ccc(Sc6ccc(N)cc6)c(Nc6ncnc7nc(C)ccc67)c5)cc4)ccc3Sc3ccc(N)cc3)ncnc2n1. The molecule has 0 saturated carbocycles. The van der Waals surface area contributed by atoms with Crippen molar-refractivity contribution in [3.63, 3.8) is 0 Å². The predicted molar refractivity (Wildman–Crippen MR) is 238 cm³/mol. The van der Waals surface area contributed by atoms with Gasteiger partial charge in [0.05, 0.1) is 22.1 Å². The molecule has 9 rings (SSSR count). The van der Waals surface area contributed by atoms with Gasteiger partial charge in [-0.15, -0.1) is 0 Å². The van der Waals surface area contributed by atoms with Crippen LogP contribution in [0, 0.1) is 13.8 Å². The number of aromatic nitrogens is 6. The van der Waals surface area contributed by atoms with Crippen molar-refractivity contribution >= 4 is 80.0 Å². The smallest absolute Gasteiger partial charge is 0.164 e. The van der Waals surface area contributed by atoms with Crippen molar-refractivity contribution < 1.29 is 0 Å². The Kier molecular flexibility index (Phi) is 10.0. The van der Waals surface area contributed by atoms with Crippen LogP contribution in [-0.4, -0.2) is 29.9 Å². The Labute approximate surface area is 343 Å². The molecule has 0 amide bonds. The second kappa shape index (κ2) is 15.8. The van der Waals surface area contributed by atoms with Crippen molar-refractivity contribution in [1.82, 2.24) is 29.9 Å². The molecule has 5 aromatic carbocycles. The van der Waals surface area contributed by atoms with E-state index in [0.717, 1.165) is 86.7 Å². The number of nitrogen functional groups attached to an aromatic ring is 2. The Morgan fingerprint density at radius 1 is 0.431 bits per heavy atom. The third-order valence-corrected chi connectivity index (χ3v) is 11.7. The normalized spacial score (nSPS) is 11.2. The van der Waals surface area contributed by atoms with Crippen molar-refractivity contribution in [2.24, 2.45) is 0 Å². The van der Waals surface area contributed by atoms with Crippen LogP contribution in [0.3, 0.4) is 0 Å². The number of pyridine rings is 2. The fraction of sp³-hybridized carbons (Fsp3) is 0.0435. The molecule has 4 aromatic heterocycles. The molecule has 0 radical (unpaired) electrons. The lowest BCUT2D eigenvalue weighted by molar-refractivity contribution is 1.15. The Hall–Kier alpha value is -7.02. The highest BCUT2D eigenvalue weighted by Gasteiger charge is 2.15. The summed E-state index contributed by atoms with van der Waals surface area (Å²) in [6.07, 6.45) is 3.09. The van der Waals surface area contributed by atoms with Crippen molar-refractivity contribution in [2.75, 3.05) is 22.1 Å². The first-order valence-electron chi connectivity index (χ1n) is 18.5. The molecule has 0 atom stereocenters. The second-order valence-corrected chi connectivity index (χ2v) is 15.9. The minimum atomic E-state index is 0.643. The largest absolute Gasteiger partial charge is 0.399 e. The fourth-order valence-corrected chi connectivity index (χ4v) is 8.27. The van der Waals surface area contributed by atoms with Gasteiger partial charge in [0.2, 0.25) is 0 Å². The summed E-state index contributed by atoms with van der Waals surface area (Å²) < 4.78 is 0. The number of hydrogen-bond acceptors (Lipinski definition) is 12. The van der Waals surface area contributed by atoms with Gasteiger partial charge >= 0.3 is 0 Å². The van der Waals surface area contributed by atoms with Gasteiger partial charge in [-0.2, -0.15) is 0 Å². The molecule has 0 fully saturated rings. The third kappa shape index (κ3) is 7.97. The van der Waals surface area contributed by atoms with E-state index in [9.17, 15) is 0 Å². The minimum absolute atomic E-state index is 0.643. The average molecular weight is 793 g/mol. The maximum atomic E-state index is 5.99. The second-order valence-electron chi connectivity index (χ2n) is 13.7. The van der Waals surface area contributed by atoms with Crippen LogP contribution in [0.5, 0.6) is 0 Å². The molecule has 0 aliphatic heterocycles. The number of rotatable bonds is 10. The first-order valence-corrected chi connectivity index (χ1v) is 20.1. The number of nitrogens with two attached hydrogens (primary N) is 2. The molecule has 58 heavy (non-hydrogen) atoms. The highest BCUT2D eigenvalue weighted by Crippen LogP contribution is 2.41. The van der Waals surface area contributed by atoms with E-state index < -0.39 is 0 Å². The Balaban J connectivity index is 1.05. The maximum Gasteiger partial charge on any atom is 0.164 e. The van der Waals surface area contributed by atoms with Gasteiger partial charge in [-0.25, -0.2) is 29.9 Å². The van der Waals surface area contributed by atoms with E-state index in [1.54, 1.807) is 36.2 Å². The molecule has 4 heterocycles. The predicted octanol–water partition coefficient (Wildman–Crippen LogP) is 11.3. The van der Waals surface area contributed by atoms with Gasteiger partial charge < -0.3 is 22.1 Å². The zero-order chi connectivity index (χ0) is 39.6. The number of benzene rings is 5. The van der Waals surface area contributed by atoms with Gasteiger partial charge in [0, 0.05) is 42.3 Å². The van der Waals surface area contributed by atoms with Crippen LogP contribution in [0.4, 0.5) is 34.4 Å². The van der Waals surface area contributed by atoms with E-state index >= 15 is 0 Å². The lowest BCUT2D eigenvalue weighted by Crippen LogP contribution is -1.99. The van der Waals surface area contributed by atoms with Gasteiger partial charge in [-0.05, 0) is 133 Å². The first kappa shape index (κ1) is 36.6. The van der Waals surface area contributed by atoms with Crippen molar-refractivity contribution in [3.05, 3.63) is 158 Å². The summed E-state index contributed by atoms with van der Waals surface area (Å²) in [5.41, 5.74) is 22.6. The van der Waals surface area contributed by atoms with E-state index in [0.29, 0.717) is 22.9 Å². The summed E-state index contributed by atoms with van der Waals surface area (Å²) in [6.45, 7) is 3.91. The van der Waals surface area contributed by atoms with Gasteiger partial charge in [-0.1, -0.05) is 59.9 Å². The van der Waals surface area contributed by atoms with Gasteiger partial charge in [0.1, 0.15) is 24.3 Å². The molecule has 0 saturated heterocycles. The van der Waals surface area contributed by atoms with Crippen LogP contribution < -0.4 is 22.1 Å². The van der Waals surface area contributed by atoms with Crippen LogP contribution in [0.25, 0.3) is 44.3 Å².